The van der Waals surface area contributed by atoms with Gasteiger partial charge in [-0.05, 0) is 43.7 Å². The Balaban J connectivity index is 2.22. The molecule has 0 radical (unpaired) electrons. The Morgan fingerprint density at radius 3 is 2.07 bits per heavy atom. The summed E-state index contributed by atoms with van der Waals surface area (Å²) in [6, 6.07) is 11.2. The van der Waals surface area contributed by atoms with E-state index in [0.717, 1.165) is 12.1 Å². The number of amides is 1. The highest BCUT2D eigenvalue weighted by Gasteiger charge is 2.46. The van der Waals surface area contributed by atoms with Gasteiger partial charge in [-0.3, -0.25) is 9.59 Å². The molecule has 0 aliphatic rings. The minimum atomic E-state index is -5.51. The summed E-state index contributed by atoms with van der Waals surface area (Å²) in [4.78, 5) is 23.6. The van der Waals surface area contributed by atoms with Crippen LogP contribution in [-0.4, -0.2) is 31.9 Å². The number of nitrogens with one attached hydrogen (secondary N) is 1. The van der Waals surface area contributed by atoms with Crippen LogP contribution in [0, 0.1) is 0 Å². The molecule has 0 aliphatic carbocycles. The first kappa shape index (κ1) is 23.4. The largest absolute Gasteiger partial charge is 0.501 e. The van der Waals surface area contributed by atoms with Gasteiger partial charge in [-0.2, -0.15) is 13.2 Å². The smallest absolute Gasteiger partial charge is 0.463 e. The third-order valence-corrected chi connectivity index (χ3v) is 5.48. The number of sulfone groups is 1. The highest BCUT2D eigenvalue weighted by Crippen LogP contribution is 2.30. The predicted octanol–water partition coefficient (Wildman–Crippen LogP) is 3.79. The Kier molecular flexibility index (Phi) is 7.25. The SMILES string of the molecule is CC(C)OC(=O)CC(NC(=O)c1ccc(S(=O)(=O)C(F)(F)F)cc1)c1ccccc1. The standard InChI is InChI=1S/C20H20F3NO5S/c1-13(2)29-18(25)12-17(14-6-4-3-5-7-14)24-19(26)15-8-10-16(11-9-15)30(27,28)20(21,22)23/h3-11,13,17H,12H2,1-2H3,(H,24,26). The van der Waals surface area contributed by atoms with Crippen molar-refractivity contribution in [2.45, 2.75) is 42.8 Å². The number of esters is 1. The summed E-state index contributed by atoms with van der Waals surface area (Å²) in [6.07, 6.45) is -0.498. The van der Waals surface area contributed by atoms with Gasteiger partial charge in [-0.1, -0.05) is 30.3 Å². The van der Waals surface area contributed by atoms with Crippen molar-refractivity contribution in [1.82, 2.24) is 5.32 Å². The number of hydrogen-bond acceptors (Lipinski definition) is 5. The summed E-state index contributed by atoms with van der Waals surface area (Å²) in [5.74, 6) is -1.22. The first-order valence-corrected chi connectivity index (χ1v) is 10.4. The molecule has 10 heteroatoms. The van der Waals surface area contributed by atoms with Gasteiger partial charge >= 0.3 is 11.5 Å². The van der Waals surface area contributed by atoms with Crippen LogP contribution in [0.25, 0.3) is 0 Å². The molecule has 0 aliphatic heterocycles. The number of alkyl halides is 3. The topological polar surface area (TPSA) is 89.5 Å². The predicted molar refractivity (Wildman–Crippen MR) is 102 cm³/mol. The molecule has 0 heterocycles. The lowest BCUT2D eigenvalue weighted by Crippen LogP contribution is -2.31. The summed E-state index contributed by atoms with van der Waals surface area (Å²) < 4.78 is 65.9. The lowest BCUT2D eigenvalue weighted by molar-refractivity contribution is -0.147. The second kappa shape index (κ2) is 9.29. The van der Waals surface area contributed by atoms with E-state index in [4.69, 9.17) is 4.74 Å². The monoisotopic (exact) mass is 443 g/mol. The molecule has 2 aromatic carbocycles. The molecule has 0 saturated carbocycles. The Hall–Kier alpha value is -2.88. The van der Waals surface area contributed by atoms with Crippen molar-refractivity contribution in [3.63, 3.8) is 0 Å². The molecule has 2 aromatic rings. The zero-order valence-corrected chi connectivity index (χ0v) is 17.0. The van der Waals surface area contributed by atoms with Gasteiger partial charge < -0.3 is 10.1 Å². The van der Waals surface area contributed by atoms with Gasteiger partial charge in [0.25, 0.3) is 15.7 Å². The Morgan fingerprint density at radius 2 is 1.57 bits per heavy atom. The molecule has 0 fully saturated rings. The summed E-state index contributed by atoms with van der Waals surface area (Å²) in [5, 5.41) is 2.63. The fourth-order valence-electron chi connectivity index (χ4n) is 2.58. The van der Waals surface area contributed by atoms with Gasteiger partial charge in [0.2, 0.25) is 0 Å². The molecular formula is C20H20F3NO5S. The lowest BCUT2D eigenvalue weighted by atomic mass is 10.0. The molecule has 6 nitrogen and oxygen atoms in total. The van der Waals surface area contributed by atoms with E-state index in [1.807, 2.05) is 0 Å². The zero-order chi connectivity index (χ0) is 22.5. The maximum atomic E-state index is 12.6. The van der Waals surface area contributed by atoms with E-state index >= 15 is 0 Å². The van der Waals surface area contributed by atoms with E-state index in [0.29, 0.717) is 17.7 Å². The van der Waals surface area contributed by atoms with Gasteiger partial charge in [0, 0.05) is 5.56 Å². The molecule has 0 aromatic heterocycles. The molecule has 1 unspecified atom stereocenters. The van der Waals surface area contributed by atoms with Crippen LogP contribution in [0.1, 0.15) is 42.2 Å². The Morgan fingerprint density at radius 1 is 1.00 bits per heavy atom. The van der Waals surface area contributed by atoms with Crippen LogP contribution in [0.15, 0.2) is 59.5 Å². The first-order chi connectivity index (χ1) is 13.9. The van der Waals surface area contributed by atoms with Crippen molar-refractivity contribution in [1.29, 1.82) is 0 Å². The first-order valence-electron chi connectivity index (χ1n) is 8.88. The lowest BCUT2D eigenvalue weighted by Gasteiger charge is -2.19. The molecule has 162 valence electrons. The number of ether oxygens (including phenoxy) is 1. The van der Waals surface area contributed by atoms with E-state index in [2.05, 4.69) is 5.32 Å². The Labute approximate surface area is 172 Å². The normalized spacial score (nSPS) is 13.0. The fraction of sp³-hybridized carbons (Fsp3) is 0.300. The van der Waals surface area contributed by atoms with Crippen LogP contribution >= 0.6 is 0 Å². The number of carbonyl (C=O) groups excluding carboxylic acids is 2. The summed E-state index contributed by atoms with van der Waals surface area (Å²) >= 11 is 0. The summed E-state index contributed by atoms with van der Waals surface area (Å²) in [6.45, 7) is 3.37. The number of hydrogen-bond donors (Lipinski definition) is 1. The van der Waals surface area contributed by atoms with Crippen LogP contribution in [0.4, 0.5) is 13.2 Å². The van der Waals surface area contributed by atoms with Crippen molar-refractivity contribution < 1.29 is 35.9 Å². The van der Waals surface area contributed by atoms with E-state index in [1.165, 1.54) is 0 Å². The number of rotatable bonds is 7. The van der Waals surface area contributed by atoms with Crippen LogP contribution in [-0.2, 0) is 19.4 Å². The third kappa shape index (κ3) is 5.82. The summed E-state index contributed by atoms with van der Waals surface area (Å²) in [5.41, 5.74) is -4.87. The molecule has 1 N–H and O–H groups in total. The van der Waals surface area contributed by atoms with E-state index in [9.17, 15) is 31.2 Å². The van der Waals surface area contributed by atoms with Gasteiger partial charge in [0.15, 0.2) is 0 Å². The second-order valence-corrected chi connectivity index (χ2v) is 8.59. The zero-order valence-electron chi connectivity index (χ0n) is 16.1. The van der Waals surface area contributed by atoms with Crippen molar-refractivity contribution in [2.75, 3.05) is 0 Å². The molecule has 0 bridgehead atoms. The van der Waals surface area contributed by atoms with Crippen LogP contribution < -0.4 is 5.32 Å². The number of carbonyl (C=O) groups is 2. The number of halogens is 3. The molecule has 2 rings (SSSR count). The average Bonchev–Trinajstić information content (AvgIpc) is 2.66. The van der Waals surface area contributed by atoms with Crippen LogP contribution in [0.3, 0.4) is 0 Å². The highest BCUT2D eigenvalue weighted by molar-refractivity contribution is 7.92. The molecule has 30 heavy (non-hydrogen) atoms. The quantitative estimate of drug-likeness (QED) is 0.658. The average molecular weight is 443 g/mol. The van der Waals surface area contributed by atoms with Crippen molar-refractivity contribution in [2.24, 2.45) is 0 Å². The summed E-state index contributed by atoms with van der Waals surface area (Å²) in [7, 11) is -5.51. The molecule has 0 saturated heterocycles. The van der Waals surface area contributed by atoms with Crippen LogP contribution in [0.2, 0.25) is 0 Å². The highest BCUT2D eigenvalue weighted by atomic mass is 32.2. The van der Waals surface area contributed by atoms with Gasteiger partial charge in [0.05, 0.1) is 23.5 Å². The minimum absolute atomic E-state index is 0.0608. The van der Waals surface area contributed by atoms with E-state index < -0.39 is 38.2 Å². The van der Waals surface area contributed by atoms with Gasteiger partial charge in [-0.15, -0.1) is 0 Å². The molecular weight excluding hydrogens is 423 g/mol. The Bertz CT molecular complexity index is 987. The third-order valence-electron chi connectivity index (χ3n) is 3.98. The molecule has 1 atom stereocenters. The van der Waals surface area contributed by atoms with Crippen LogP contribution in [0.5, 0.6) is 0 Å². The van der Waals surface area contributed by atoms with E-state index in [-0.39, 0.29) is 18.1 Å². The molecule has 1 amide bonds. The second-order valence-electron chi connectivity index (χ2n) is 6.65. The maximum absolute atomic E-state index is 12.6. The minimum Gasteiger partial charge on any atom is -0.463 e. The van der Waals surface area contributed by atoms with E-state index in [1.54, 1.807) is 44.2 Å². The maximum Gasteiger partial charge on any atom is 0.501 e. The van der Waals surface area contributed by atoms with Gasteiger partial charge in [-0.25, -0.2) is 8.42 Å². The van der Waals surface area contributed by atoms with Crippen molar-refractivity contribution in [3.8, 4) is 0 Å². The fourth-order valence-corrected chi connectivity index (χ4v) is 3.34. The van der Waals surface area contributed by atoms with Gasteiger partial charge in [0.1, 0.15) is 0 Å². The van der Waals surface area contributed by atoms with Crippen molar-refractivity contribution >= 4 is 21.7 Å². The van der Waals surface area contributed by atoms with Crippen molar-refractivity contribution in [3.05, 3.63) is 65.7 Å². The molecule has 0 spiro atoms. The number of benzene rings is 2.